The van der Waals surface area contributed by atoms with Gasteiger partial charge in [-0.25, -0.2) is 8.78 Å². The summed E-state index contributed by atoms with van der Waals surface area (Å²) in [6, 6.07) is 3.59. The Labute approximate surface area is 116 Å². The number of benzene rings is 1. The van der Waals surface area contributed by atoms with E-state index in [1.165, 1.54) is 10.9 Å². The van der Waals surface area contributed by atoms with Crippen molar-refractivity contribution in [2.45, 2.75) is 19.4 Å². The maximum absolute atomic E-state index is 13.4. The van der Waals surface area contributed by atoms with Crippen molar-refractivity contribution in [3.63, 3.8) is 0 Å². The molecular formula is C13H17F2N5. The van der Waals surface area contributed by atoms with Crippen LogP contribution < -0.4 is 0 Å². The molecule has 1 atom stereocenters. The molecule has 2 rings (SSSR count). The monoisotopic (exact) mass is 281 g/mol. The smallest absolute Gasteiger partial charge is 0.171 e. The lowest BCUT2D eigenvalue weighted by Crippen LogP contribution is -2.21. The molecular weight excluding hydrogens is 264 g/mol. The summed E-state index contributed by atoms with van der Waals surface area (Å²) in [6.07, 6.45) is 0.674. The third-order valence-corrected chi connectivity index (χ3v) is 2.99. The number of aromatic nitrogens is 4. The Morgan fingerprint density at radius 1 is 1.25 bits per heavy atom. The Morgan fingerprint density at radius 2 is 2.00 bits per heavy atom. The minimum atomic E-state index is -0.866. The molecule has 20 heavy (non-hydrogen) atoms. The van der Waals surface area contributed by atoms with Gasteiger partial charge in [0.1, 0.15) is 0 Å². The Hall–Kier alpha value is -1.89. The number of halogens is 2. The van der Waals surface area contributed by atoms with Crippen molar-refractivity contribution in [1.82, 2.24) is 25.1 Å². The fourth-order valence-corrected chi connectivity index (χ4v) is 1.95. The third-order valence-electron chi connectivity index (χ3n) is 2.99. The van der Waals surface area contributed by atoms with Gasteiger partial charge in [0.25, 0.3) is 0 Å². The first-order valence-corrected chi connectivity index (χ1v) is 6.33. The van der Waals surface area contributed by atoms with E-state index in [-0.39, 0.29) is 6.04 Å². The number of nitrogens with zero attached hydrogens (tertiary/aromatic N) is 5. The van der Waals surface area contributed by atoms with Gasteiger partial charge in [0.2, 0.25) is 0 Å². The van der Waals surface area contributed by atoms with Crippen LogP contribution in [0, 0.1) is 18.6 Å². The lowest BCUT2D eigenvalue weighted by atomic mass is 10.0. The Bertz CT molecular complexity index is 582. The van der Waals surface area contributed by atoms with E-state index in [1.54, 1.807) is 13.0 Å². The lowest BCUT2D eigenvalue weighted by molar-refractivity contribution is 0.338. The third kappa shape index (κ3) is 3.36. The van der Waals surface area contributed by atoms with Crippen LogP contribution in [-0.4, -0.2) is 45.7 Å². The molecule has 7 heteroatoms. The quantitative estimate of drug-likeness (QED) is 0.838. The minimum Gasteiger partial charge on any atom is -0.309 e. The van der Waals surface area contributed by atoms with E-state index in [1.807, 2.05) is 19.0 Å². The number of hydrogen-bond acceptors (Lipinski definition) is 4. The molecule has 0 bridgehead atoms. The summed E-state index contributed by atoms with van der Waals surface area (Å²) in [7, 11) is 3.89. The van der Waals surface area contributed by atoms with E-state index < -0.39 is 11.6 Å². The van der Waals surface area contributed by atoms with Crippen molar-refractivity contribution in [3.8, 4) is 0 Å². The second-order valence-electron chi connectivity index (χ2n) is 4.94. The van der Waals surface area contributed by atoms with E-state index >= 15 is 0 Å². The van der Waals surface area contributed by atoms with Gasteiger partial charge >= 0.3 is 0 Å². The zero-order valence-electron chi connectivity index (χ0n) is 11.7. The molecule has 0 saturated carbocycles. The summed E-state index contributed by atoms with van der Waals surface area (Å²) in [5.41, 5.74) is 0.628. The summed E-state index contributed by atoms with van der Waals surface area (Å²) < 4.78 is 26.5. The summed E-state index contributed by atoms with van der Waals surface area (Å²) in [4.78, 5) is 3.46. The summed E-state index contributed by atoms with van der Waals surface area (Å²) >= 11 is 0. The highest BCUT2D eigenvalue weighted by atomic mass is 19.2. The number of aryl methyl sites for hydroxylation is 1. The Morgan fingerprint density at radius 3 is 2.55 bits per heavy atom. The predicted molar refractivity (Wildman–Crippen MR) is 70.2 cm³/mol. The van der Waals surface area contributed by atoms with Crippen molar-refractivity contribution in [2.24, 2.45) is 0 Å². The van der Waals surface area contributed by atoms with Gasteiger partial charge in [0, 0.05) is 0 Å². The largest absolute Gasteiger partial charge is 0.309 e. The molecule has 0 aliphatic heterocycles. The molecule has 1 unspecified atom stereocenters. The highest BCUT2D eigenvalue weighted by Crippen LogP contribution is 2.22. The first-order valence-electron chi connectivity index (χ1n) is 6.33. The zero-order chi connectivity index (χ0) is 14.7. The first kappa shape index (κ1) is 14.5. The molecule has 1 heterocycles. The Balaban J connectivity index is 2.32. The van der Waals surface area contributed by atoms with Gasteiger partial charge in [-0.1, -0.05) is 6.07 Å². The maximum atomic E-state index is 13.4. The van der Waals surface area contributed by atoms with Gasteiger partial charge in [0.15, 0.2) is 17.5 Å². The van der Waals surface area contributed by atoms with E-state index in [0.29, 0.717) is 17.8 Å². The minimum absolute atomic E-state index is 0.270. The van der Waals surface area contributed by atoms with Gasteiger partial charge in [-0.2, -0.15) is 4.80 Å². The number of hydrogen-bond donors (Lipinski definition) is 0. The molecule has 0 radical (unpaired) electrons. The average Bonchev–Trinajstić information content (AvgIpc) is 2.80. The van der Waals surface area contributed by atoms with E-state index in [9.17, 15) is 8.78 Å². The molecule has 0 N–H and O–H groups in total. The van der Waals surface area contributed by atoms with Crippen molar-refractivity contribution < 1.29 is 8.78 Å². The van der Waals surface area contributed by atoms with Crippen LogP contribution in [0.1, 0.15) is 23.9 Å². The van der Waals surface area contributed by atoms with E-state index in [0.717, 1.165) is 12.6 Å². The predicted octanol–water partition coefficient (Wildman–Crippen LogP) is 1.80. The zero-order valence-corrected chi connectivity index (χ0v) is 11.7. The summed E-state index contributed by atoms with van der Waals surface area (Å²) in [5, 5.41) is 12.0. The van der Waals surface area contributed by atoms with Crippen LogP contribution in [0.3, 0.4) is 0 Å². The van der Waals surface area contributed by atoms with Gasteiger partial charge in [-0.05, 0) is 56.9 Å². The van der Waals surface area contributed by atoms with Crippen molar-refractivity contribution in [3.05, 3.63) is 41.2 Å². The topological polar surface area (TPSA) is 46.8 Å². The van der Waals surface area contributed by atoms with Crippen molar-refractivity contribution >= 4 is 0 Å². The second kappa shape index (κ2) is 6.04. The van der Waals surface area contributed by atoms with Crippen molar-refractivity contribution in [2.75, 3.05) is 20.6 Å². The molecule has 1 aromatic heterocycles. The second-order valence-corrected chi connectivity index (χ2v) is 4.94. The van der Waals surface area contributed by atoms with Gasteiger partial charge in [-0.3, -0.25) is 0 Å². The molecule has 5 nitrogen and oxygen atoms in total. The summed E-state index contributed by atoms with van der Waals surface area (Å²) in [5.74, 6) is -1.18. The molecule has 0 saturated heterocycles. The number of rotatable bonds is 5. The fourth-order valence-electron chi connectivity index (χ4n) is 1.95. The fraction of sp³-hybridized carbons (Fsp3) is 0.462. The lowest BCUT2D eigenvalue weighted by Gasteiger charge is -2.18. The SMILES string of the molecule is Cc1nnn(C(CCN(C)C)c2ccc(F)c(F)c2)n1. The van der Waals surface area contributed by atoms with Gasteiger partial charge in [0.05, 0.1) is 6.04 Å². The van der Waals surface area contributed by atoms with Gasteiger partial charge in [-0.15, -0.1) is 10.2 Å². The van der Waals surface area contributed by atoms with Crippen LogP contribution in [0.25, 0.3) is 0 Å². The highest BCUT2D eigenvalue weighted by Gasteiger charge is 2.18. The van der Waals surface area contributed by atoms with Crippen molar-refractivity contribution in [1.29, 1.82) is 0 Å². The van der Waals surface area contributed by atoms with Crippen LogP contribution in [0.4, 0.5) is 8.78 Å². The molecule has 0 aliphatic carbocycles. The molecule has 0 spiro atoms. The normalized spacial score (nSPS) is 12.9. The van der Waals surface area contributed by atoms with Crippen LogP contribution in [-0.2, 0) is 0 Å². The van der Waals surface area contributed by atoms with Crippen LogP contribution >= 0.6 is 0 Å². The molecule has 0 amide bonds. The molecule has 108 valence electrons. The number of tetrazole rings is 1. The molecule has 1 aromatic carbocycles. The average molecular weight is 281 g/mol. The van der Waals surface area contributed by atoms with Crippen LogP contribution in [0.5, 0.6) is 0 Å². The van der Waals surface area contributed by atoms with E-state index in [2.05, 4.69) is 15.4 Å². The first-order chi connectivity index (χ1) is 9.47. The Kier molecular flexibility index (Phi) is 4.39. The molecule has 0 aliphatic rings. The van der Waals surface area contributed by atoms with Crippen LogP contribution in [0.15, 0.2) is 18.2 Å². The van der Waals surface area contributed by atoms with Gasteiger partial charge < -0.3 is 4.90 Å². The van der Waals surface area contributed by atoms with E-state index in [4.69, 9.17) is 0 Å². The highest BCUT2D eigenvalue weighted by molar-refractivity contribution is 5.21. The van der Waals surface area contributed by atoms with Crippen LogP contribution in [0.2, 0.25) is 0 Å². The maximum Gasteiger partial charge on any atom is 0.171 e. The summed E-state index contributed by atoms with van der Waals surface area (Å²) in [6.45, 7) is 2.50. The molecule has 2 aromatic rings. The molecule has 0 fully saturated rings. The standard InChI is InChI=1S/C13H17F2N5/c1-9-16-18-20(17-9)13(6-7-19(2)3)10-4-5-11(14)12(15)8-10/h4-5,8,13H,6-7H2,1-3H3.